The third kappa shape index (κ3) is 3.70. The molecule has 0 radical (unpaired) electrons. The molecule has 1 aliphatic heterocycles. The van der Waals surface area contributed by atoms with Crippen molar-refractivity contribution in [2.75, 3.05) is 11.5 Å². The molecule has 0 aromatic carbocycles. The molecule has 2 heteroatoms. The third-order valence-electron chi connectivity index (χ3n) is 2.72. The fourth-order valence-corrected chi connectivity index (χ4v) is 3.21. The van der Waals surface area contributed by atoms with Crippen LogP contribution in [0.2, 0.25) is 0 Å². The first-order valence-corrected chi connectivity index (χ1v) is 6.66. The van der Waals surface area contributed by atoms with Gasteiger partial charge in [-0.05, 0) is 18.8 Å². The summed E-state index contributed by atoms with van der Waals surface area (Å²) < 4.78 is 11.0. The zero-order valence-electron chi connectivity index (χ0n) is 8.05. The van der Waals surface area contributed by atoms with Crippen molar-refractivity contribution in [3.05, 3.63) is 0 Å². The molecule has 0 saturated carbocycles. The molecule has 0 unspecified atom stereocenters. The lowest BCUT2D eigenvalue weighted by Crippen LogP contribution is -2.18. The smallest absolute Gasteiger partial charge is 0.0237 e. The SMILES string of the molecule is CCCCCC1CCS(=O)CC1. The van der Waals surface area contributed by atoms with Gasteiger partial charge in [0, 0.05) is 22.3 Å². The molecule has 0 aliphatic carbocycles. The van der Waals surface area contributed by atoms with E-state index >= 15 is 0 Å². The van der Waals surface area contributed by atoms with Gasteiger partial charge < -0.3 is 0 Å². The van der Waals surface area contributed by atoms with Crippen LogP contribution in [0.4, 0.5) is 0 Å². The van der Waals surface area contributed by atoms with E-state index in [2.05, 4.69) is 6.92 Å². The van der Waals surface area contributed by atoms with Crippen LogP contribution in [0.25, 0.3) is 0 Å². The molecule has 0 aromatic heterocycles. The normalized spacial score (nSPS) is 30.4. The summed E-state index contributed by atoms with van der Waals surface area (Å²) in [7, 11) is -0.468. The average molecular weight is 188 g/mol. The van der Waals surface area contributed by atoms with Crippen LogP contribution in [-0.2, 0) is 10.8 Å². The van der Waals surface area contributed by atoms with Gasteiger partial charge in [-0.1, -0.05) is 32.6 Å². The molecule has 1 nitrogen and oxygen atoms in total. The summed E-state index contributed by atoms with van der Waals surface area (Å²) in [6.45, 7) is 2.25. The summed E-state index contributed by atoms with van der Waals surface area (Å²) in [5, 5.41) is 0. The molecular formula is C10H20OS. The zero-order valence-corrected chi connectivity index (χ0v) is 8.87. The molecule has 1 rings (SSSR count). The Morgan fingerprint density at radius 3 is 2.50 bits per heavy atom. The average Bonchev–Trinajstić information content (AvgIpc) is 2.09. The van der Waals surface area contributed by atoms with Crippen molar-refractivity contribution in [1.29, 1.82) is 0 Å². The number of rotatable bonds is 4. The fourth-order valence-electron chi connectivity index (χ4n) is 1.81. The first-order valence-electron chi connectivity index (χ1n) is 5.18. The van der Waals surface area contributed by atoms with Crippen molar-refractivity contribution >= 4 is 10.8 Å². The summed E-state index contributed by atoms with van der Waals surface area (Å²) in [4.78, 5) is 0. The summed E-state index contributed by atoms with van der Waals surface area (Å²) in [6.07, 6.45) is 7.89. The number of hydrogen-bond acceptors (Lipinski definition) is 1. The second kappa shape index (κ2) is 5.74. The second-order valence-electron chi connectivity index (χ2n) is 3.79. The van der Waals surface area contributed by atoms with Gasteiger partial charge in [0.2, 0.25) is 0 Å². The van der Waals surface area contributed by atoms with Gasteiger partial charge in [0.1, 0.15) is 0 Å². The van der Waals surface area contributed by atoms with E-state index in [9.17, 15) is 4.21 Å². The van der Waals surface area contributed by atoms with E-state index in [4.69, 9.17) is 0 Å². The van der Waals surface area contributed by atoms with Crippen molar-refractivity contribution < 1.29 is 4.21 Å². The van der Waals surface area contributed by atoms with Crippen LogP contribution in [-0.4, -0.2) is 15.7 Å². The Kier molecular flexibility index (Phi) is 4.89. The van der Waals surface area contributed by atoms with Gasteiger partial charge in [0.05, 0.1) is 0 Å². The van der Waals surface area contributed by atoms with Crippen LogP contribution in [0.1, 0.15) is 45.4 Å². The molecule has 0 amide bonds. The lowest BCUT2D eigenvalue weighted by atomic mass is 9.96. The van der Waals surface area contributed by atoms with E-state index in [-0.39, 0.29) is 0 Å². The fraction of sp³-hybridized carbons (Fsp3) is 1.00. The lowest BCUT2D eigenvalue weighted by Gasteiger charge is -2.20. The lowest BCUT2D eigenvalue weighted by molar-refractivity contribution is 0.425. The Labute approximate surface area is 78.4 Å². The molecule has 0 atom stereocenters. The summed E-state index contributed by atoms with van der Waals surface area (Å²) in [5.74, 6) is 2.84. The Morgan fingerprint density at radius 2 is 1.92 bits per heavy atom. The zero-order chi connectivity index (χ0) is 8.81. The molecule has 1 heterocycles. The maximum absolute atomic E-state index is 11.0. The number of unbranched alkanes of at least 4 members (excludes halogenated alkanes) is 2. The van der Waals surface area contributed by atoms with E-state index in [1.54, 1.807) is 0 Å². The van der Waals surface area contributed by atoms with E-state index in [0.717, 1.165) is 17.4 Å². The van der Waals surface area contributed by atoms with Crippen molar-refractivity contribution in [2.45, 2.75) is 45.4 Å². The second-order valence-corrected chi connectivity index (χ2v) is 5.48. The molecule has 1 aliphatic rings. The Morgan fingerprint density at radius 1 is 1.25 bits per heavy atom. The first-order chi connectivity index (χ1) is 5.83. The number of hydrogen-bond donors (Lipinski definition) is 0. The van der Waals surface area contributed by atoms with Gasteiger partial charge in [-0.2, -0.15) is 0 Å². The molecule has 0 N–H and O–H groups in total. The highest BCUT2D eigenvalue weighted by Gasteiger charge is 2.16. The van der Waals surface area contributed by atoms with Crippen molar-refractivity contribution in [3.8, 4) is 0 Å². The van der Waals surface area contributed by atoms with Crippen LogP contribution in [0.15, 0.2) is 0 Å². The largest absolute Gasteiger partial charge is 0.260 e. The molecule has 12 heavy (non-hydrogen) atoms. The predicted octanol–water partition coefficient (Wildman–Crippen LogP) is 2.73. The molecule has 0 bridgehead atoms. The van der Waals surface area contributed by atoms with Gasteiger partial charge in [-0.3, -0.25) is 4.21 Å². The van der Waals surface area contributed by atoms with Crippen LogP contribution in [0.5, 0.6) is 0 Å². The predicted molar refractivity (Wildman–Crippen MR) is 54.7 cm³/mol. The Balaban J connectivity index is 2.05. The van der Waals surface area contributed by atoms with E-state index in [0.29, 0.717) is 0 Å². The van der Waals surface area contributed by atoms with Gasteiger partial charge in [-0.15, -0.1) is 0 Å². The third-order valence-corrected chi connectivity index (χ3v) is 4.11. The first kappa shape index (κ1) is 10.2. The Hall–Kier alpha value is 0.150. The minimum Gasteiger partial charge on any atom is -0.260 e. The minimum atomic E-state index is -0.468. The summed E-state index contributed by atoms with van der Waals surface area (Å²) in [6, 6.07) is 0. The highest BCUT2D eigenvalue weighted by atomic mass is 32.2. The van der Waals surface area contributed by atoms with Crippen molar-refractivity contribution in [3.63, 3.8) is 0 Å². The highest BCUT2D eigenvalue weighted by molar-refractivity contribution is 7.85. The van der Waals surface area contributed by atoms with Crippen LogP contribution in [0, 0.1) is 5.92 Å². The summed E-state index contributed by atoms with van der Waals surface area (Å²) >= 11 is 0. The quantitative estimate of drug-likeness (QED) is 0.620. The standard InChI is InChI=1S/C10H20OS/c1-2-3-4-5-10-6-8-12(11)9-7-10/h10H,2-9H2,1H3. The summed E-state index contributed by atoms with van der Waals surface area (Å²) in [5.41, 5.74) is 0. The topological polar surface area (TPSA) is 17.1 Å². The van der Waals surface area contributed by atoms with Crippen LogP contribution >= 0.6 is 0 Å². The maximum Gasteiger partial charge on any atom is 0.0237 e. The molecule has 72 valence electrons. The molecule has 0 aromatic rings. The van der Waals surface area contributed by atoms with E-state index in [1.807, 2.05) is 0 Å². The molecule has 0 spiro atoms. The van der Waals surface area contributed by atoms with E-state index in [1.165, 1.54) is 38.5 Å². The van der Waals surface area contributed by atoms with Crippen LogP contribution < -0.4 is 0 Å². The molecule has 1 fully saturated rings. The van der Waals surface area contributed by atoms with Crippen LogP contribution in [0.3, 0.4) is 0 Å². The van der Waals surface area contributed by atoms with Crippen molar-refractivity contribution in [2.24, 2.45) is 5.92 Å². The molecule has 1 saturated heterocycles. The monoisotopic (exact) mass is 188 g/mol. The van der Waals surface area contributed by atoms with Gasteiger partial charge in [0.15, 0.2) is 0 Å². The van der Waals surface area contributed by atoms with Gasteiger partial charge >= 0.3 is 0 Å². The Bertz CT molecular complexity index is 135. The van der Waals surface area contributed by atoms with Crippen molar-refractivity contribution in [1.82, 2.24) is 0 Å². The minimum absolute atomic E-state index is 0.468. The molecular weight excluding hydrogens is 168 g/mol. The van der Waals surface area contributed by atoms with E-state index < -0.39 is 10.8 Å². The van der Waals surface area contributed by atoms with Gasteiger partial charge in [0.25, 0.3) is 0 Å². The van der Waals surface area contributed by atoms with Gasteiger partial charge in [-0.25, -0.2) is 0 Å². The highest BCUT2D eigenvalue weighted by Crippen LogP contribution is 2.22. The maximum atomic E-state index is 11.0.